The summed E-state index contributed by atoms with van der Waals surface area (Å²) in [6.45, 7) is -0.450. The van der Waals surface area contributed by atoms with Crippen LogP contribution in [0.25, 0.3) is 0 Å². The molecular weight excluding hydrogens is 760 g/mol. The zero-order chi connectivity index (χ0) is 41.7. The lowest BCUT2D eigenvalue weighted by Gasteiger charge is -2.27. The van der Waals surface area contributed by atoms with Crippen LogP contribution in [0.3, 0.4) is 0 Å². The second-order valence-electron chi connectivity index (χ2n) is 13.7. The van der Waals surface area contributed by atoms with E-state index in [1.807, 2.05) is 0 Å². The maximum absolute atomic E-state index is 11.2. The van der Waals surface area contributed by atoms with Crippen LogP contribution in [-0.4, -0.2) is 112 Å². The van der Waals surface area contributed by atoms with Gasteiger partial charge in [-0.15, -0.1) is 0 Å². The van der Waals surface area contributed by atoms with Gasteiger partial charge in [-0.05, 0) is 59.2 Å². The summed E-state index contributed by atoms with van der Waals surface area (Å²) < 4.78 is 58.5. The van der Waals surface area contributed by atoms with E-state index in [0.29, 0.717) is 18.8 Å². The predicted molar refractivity (Wildman–Crippen MR) is 206 cm³/mol. The average molecular weight is 811 g/mol. The van der Waals surface area contributed by atoms with E-state index in [9.17, 15) is 30.6 Å². The quantitative estimate of drug-likeness (QED) is 0.0832. The SMILES string of the molecule is COc1cc([C@H](O)[C@H](CO)Oc2c(OC)cc([C@@H]3OC[C@@H]4[C@H]3CO[C@H]4c3cc(OC)c(O[C@@H](CO)[C@H](O)c4cccc(O)c4OC)c(OC)c3)cc2OC)ccc1O. The fourth-order valence-electron chi connectivity index (χ4n) is 7.59. The molecular formula is C42H50O16. The molecule has 2 saturated heterocycles. The minimum absolute atomic E-state index is 0.0522. The molecule has 58 heavy (non-hydrogen) atoms. The normalized spacial score (nSPS) is 20.7. The zero-order valence-electron chi connectivity index (χ0n) is 33.0. The Morgan fingerprint density at radius 3 is 1.45 bits per heavy atom. The van der Waals surface area contributed by atoms with E-state index in [1.54, 1.807) is 36.4 Å². The summed E-state index contributed by atoms with van der Waals surface area (Å²) in [6.07, 6.45) is -5.92. The molecule has 0 aromatic heterocycles. The van der Waals surface area contributed by atoms with Crippen molar-refractivity contribution in [3.05, 3.63) is 82.9 Å². The minimum Gasteiger partial charge on any atom is -0.504 e. The molecule has 0 amide bonds. The number of aromatic hydroxyl groups is 2. The third-order valence-corrected chi connectivity index (χ3v) is 10.6. The molecule has 6 rings (SSSR count). The number of ether oxygens (including phenoxy) is 10. The van der Waals surface area contributed by atoms with Gasteiger partial charge in [0.1, 0.15) is 12.2 Å². The molecule has 314 valence electrons. The fourth-order valence-corrected chi connectivity index (χ4v) is 7.59. The highest BCUT2D eigenvalue weighted by molar-refractivity contribution is 5.56. The lowest BCUT2D eigenvalue weighted by atomic mass is 9.84. The summed E-state index contributed by atoms with van der Waals surface area (Å²) in [6, 6.07) is 15.9. The van der Waals surface area contributed by atoms with Gasteiger partial charge in [-0.3, -0.25) is 0 Å². The highest BCUT2D eigenvalue weighted by atomic mass is 16.6. The van der Waals surface area contributed by atoms with E-state index in [1.165, 1.54) is 66.9 Å². The predicted octanol–water partition coefficient (Wildman–Crippen LogP) is 4.17. The number of benzene rings is 4. The van der Waals surface area contributed by atoms with Crippen LogP contribution in [0.2, 0.25) is 0 Å². The second-order valence-corrected chi connectivity index (χ2v) is 13.7. The number of fused-ring (bicyclic) bond motifs is 1. The van der Waals surface area contributed by atoms with Gasteiger partial charge >= 0.3 is 0 Å². The third-order valence-electron chi connectivity index (χ3n) is 10.6. The number of phenolic OH excluding ortho intramolecular Hbond substituents is 2. The minimum atomic E-state index is -1.40. The fraction of sp³-hybridized carbons (Fsp3) is 0.429. The Balaban J connectivity index is 1.22. The number of aliphatic hydroxyl groups excluding tert-OH is 4. The smallest absolute Gasteiger partial charge is 0.204 e. The van der Waals surface area contributed by atoms with E-state index in [2.05, 4.69) is 0 Å². The molecule has 0 spiro atoms. The highest BCUT2D eigenvalue weighted by Crippen LogP contribution is 2.54. The van der Waals surface area contributed by atoms with Crippen LogP contribution in [0.15, 0.2) is 60.7 Å². The van der Waals surface area contributed by atoms with Crippen molar-refractivity contribution < 1.29 is 78.0 Å². The number of para-hydroxylation sites is 1. The number of rotatable bonds is 18. The Morgan fingerprint density at radius 2 is 1.02 bits per heavy atom. The van der Waals surface area contributed by atoms with Crippen LogP contribution in [0.4, 0.5) is 0 Å². The van der Waals surface area contributed by atoms with Crippen molar-refractivity contribution in [1.29, 1.82) is 0 Å². The Hall–Kier alpha value is -5.36. The van der Waals surface area contributed by atoms with Gasteiger partial charge in [0, 0.05) is 17.4 Å². The van der Waals surface area contributed by atoms with E-state index >= 15 is 0 Å². The summed E-state index contributed by atoms with van der Waals surface area (Å²) in [4.78, 5) is 0. The third kappa shape index (κ3) is 8.16. The van der Waals surface area contributed by atoms with Crippen LogP contribution >= 0.6 is 0 Å². The lowest BCUT2D eigenvalue weighted by molar-refractivity contribution is -0.00302. The van der Waals surface area contributed by atoms with Crippen LogP contribution in [0, 0.1) is 11.8 Å². The van der Waals surface area contributed by atoms with Crippen molar-refractivity contribution in [2.24, 2.45) is 11.8 Å². The average Bonchev–Trinajstić information content (AvgIpc) is 3.87. The second kappa shape index (κ2) is 18.5. The number of phenols is 2. The first-order valence-corrected chi connectivity index (χ1v) is 18.4. The molecule has 0 aliphatic carbocycles. The summed E-state index contributed by atoms with van der Waals surface area (Å²) in [5.74, 6) is 1.14. The Kier molecular flexibility index (Phi) is 13.5. The first-order chi connectivity index (χ1) is 28.0. The van der Waals surface area contributed by atoms with Crippen molar-refractivity contribution in [1.82, 2.24) is 0 Å². The zero-order valence-corrected chi connectivity index (χ0v) is 33.0. The maximum atomic E-state index is 11.2. The van der Waals surface area contributed by atoms with Crippen LogP contribution < -0.4 is 37.9 Å². The Morgan fingerprint density at radius 1 is 0.552 bits per heavy atom. The summed E-state index contributed by atoms with van der Waals surface area (Å²) in [7, 11) is 8.61. The molecule has 4 aromatic rings. The van der Waals surface area contributed by atoms with Crippen molar-refractivity contribution in [2.45, 2.75) is 36.6 Å². The van der Waals surface area contributed by atoms with E-state index in [4.69, 9.17) is 47.4 Å². The molecule has 4 aromatic carbocycles. The molecule has 0 radical (unpaired) electrons. The van der Waals surface area contributed by atoms with Gasteiger partial charge in [0.2, 0.25) is 11.5 Å². The number of hydrogen-bond donors (Lipinski definition) is 6. The van der Waals surface area contributed by atoms with Gasteiger partial charge in [0.05, 0.1) is 81.3 Å². The molecule has 8 atom stereocenters. The van der Waals surface area contributed by atoms with Gasteiger partial charge in [0.25, 0.3) is 0 Å². The van der Waals surface area contributed by atoms with Gasteiger partial charge in [-0.25, -0.2) is 0 Å². The van der Waals surface area contributed by atoms with Crippen molar-refractivity contribution in [3.8, 4) is 57.5 Å². The molecule has 16 nitrogen and oxygen atoms in total. The van der Waals surface area contributed by atoms with Crippen molar-refractivity contribution >= 4 is 0 Å². The molecule has 2 aliphatic rings. The molecule has 0 saturated carbocycles. The van der Waals surface area contributed by atoms with E-state index in [0.717, 1.165) is 11.1 Å². The summed E-state index contributed by atoms with van der Waals surface area (Å²) in [5, 5.41) is 63.2. The number of hydrogen-bond acceptors (Lipinski definition) is 16. The molecule has 2 aliphatic heterocycles. The standard InChI is InChI=1S/C42H50O16/c1-49-29-12-21(10-11-27(29)45)36(47)34(17-43)57-41-30(50-2)13-22(14-31(41)51-3)38-25-19-56-39(26(25)20-55-38)23-15-32(52-4)42(33(16-23)53-5)58-35(18-44)37(48)24-8-7-9-28(46)40(24)54-6/h7-16,25-26,34-39,43-48H,17-20H2,1-6H3/t25-,26-,34+,35+,36+,37-,38+,39+/m1/s1. The van der Waals surface area contributed by atoms with Gasteiger partial charge in [-0.1, -0.05) is 18.2 Å². The van der Waals surface area contributed by atoms with Crippen LogP contribution in [0.1, 0.15) is 46.7 Å². The van der Waals surface area contributed by atoms with Gasteiger partial charge in [0.15, 0.2) is 58.2 Å². The molecule has 16 heteroatoms. The molecule has 6 N–H and O–H groups in total. The molecule has 0 unspecified atom stereocenters. The van der Waals surface area contributed by atoms with Crippen molar-refractivity contribution in [2.75, 3.05) is 69.1 Å². The number of methoxy groups -OCH3 is 6. The Labute approximate surface area is 335 Å². The summed E-state index contributed by atoms with van der Waals surface area (Å²) in [5.41, 5.74) is 2.03. The monoisotopic (exact) mass is 810 g/mol. The largest absolute Gasteiger partial charge is 0.504 e. The van der Waals surface area contributed by atoms with Gasteiger partial charge < -0.3 is 78.0 Å². The molecule has 2 fully saturated rings. The van der Waals surface area contributed by atoms with Crippen molar-refractivity contribution in [3.63, 3.8) is 0 Å². The first-order valence-electron chi connectivity index (χ1n) is 18.4. The van der Waals surface area contributed by atoms with Gasteiger partial charge in [-0.2, -0.15) is 0 Å². The highest BCUT2D eigenvalue weighted by Gasteiger charge is 2.49. The van der Waals surface area contributed by atoms with E-state index in [-0.39, 0.29) is 74.9 Å². The lowest BCUT2D eigenvalue weighted by Crippen LogP contribution is -2.30. The summed E-state index contributed by atoms with van der Waals surface area (Å²) >= 11 is 0. The molecule has 2 heterocycles. The van der Waals surface area contributed by atoms with Crippen LogP contribution in [0.5, 0.6) is 57.5 Å². The topological polar surface area (TPSA) is 214 Å². The first kappa shape index (κ1) is 42.3. The van der Waals surface area contributed by atoms with Crippen LogP contribution in [-0.2, 0) is 9.47 Å². The number of aliphatic hydroxyl groups is 4. The van der Waals surface area contributed by atoms with E-state index < -0.39 is 49.8 Å². The Bertz CT molecular complexity index is 1970. The molecule has 0 bridgehead atoms. The maximum Gasteiger partial charge on any atom is 0.204 e.